The van der Waals surface area contributed by atoms with Crippen LogP contribution in [0.3, 0.4) is 0 Å². The molecule has 96 valence electrons. The summed E-state index contributed by atoms with van der Waals surface area (Å²) in [5.41, 5.74) is 1.08. The van der Waals surface area contributed by atoms with E-state index < -0.39 is 0 Å². The molecule has 1 aromatic heterocycles. The Balaban J connectivity index is 2.22. The van der Waals surface area contributed by atoms with E-state index in [1.165, 1.54) is 4.88 Å². The molecule has 0 bridgehead atoms. The normalized spacial score (nSPS) is 12.7. The zero-order valence-corrected chi connectivity index (χ0v) is 12.8. The lowest BCUT2D eigenvalue weighted by molar-refractivity contribution is 0.596. The molecule has 0 aliphatic heterocycles. The molecule has 0 spiro atoms. The summed E-state index contributed by atoms with van der Waals surface area (Å²) >= 11 is 19.6. The molecule has 1 N–H and O–H groups in total. The van der Waals surface area contributed by atoms with Crippen LogP contribution in [0.4, 0.5) is 0 Å². The lowest BCUT2D eigenvalue weighted by Crippen LogP contribution is -2.18. The average molecular weight is 321 g/mol. The molecule has 18 heavy (non-hydrogen) atoms. The second-order valence-electron chi connectivity index (χ2n) is 3.95. The maximum Gasteiger partial charge on any atom is 0.0931 e. The van der Waals surface area contributed by atoms with Gasteiger partial charge in [0.05, 0.1) is 4.34 Å². The van der Waals surface area contributed by atoms with Crippen molar-refractivity contribution in [1.29, 1.82) is 0 Å². The van der Waals surface area contributed by atoms with Gasteiger partial charge in [-0.2, -0.15) is 0 Å². The van der Waals surface area contributed by atoms with Gasteiger partial charge in [-0.05, 0) is 42.9 Å². The highest BCUT2D eigenvalue weighted by atomic mass is 35.5. The summed E-state index contributed by atoms with van der Waals surface area (Å²) in [5.74, 6) is 0. The summed E-state index contributed by atoms with van der Waals surface area (Å²) in [4.78, 5) is 1.23. The van der Waals surface area contributed by atoms with E-state index in [4.69, 9.17) is 34.8 Å². The number of hydrogen-bond acceptors (Lipinski definition) is 2. The van der Waals surface area contributed by atoms with Gasteiger partial charge in [-0.25, -0.2) is 0 Å². The molecule has 0 fully saturated rings. The van der Waals surface area contributed by atoms with Crippen molar-refractivity contribution in [2.75, 3.05) is 7.05 Å². The zero-order valence-electron chi connectivity index (χ0n) is 9.71. The van der Waals surface area contributed by atoms with Gasteiger partial charge in [-0.3, -0.25) is 0 Å². The predicted molar refractivity (Wildman–Crippen MR) is 81.3 cm³/mol. The van der Waals surface area contributed by atoms with Crippen LogP contribution in [0.25, 0.3) is 0 Å². The van der Waals surface area contributed by atoms with E-state index in [-0.39, 0.29) is 6.04 Å². The van der Waals surface area contributed by atoms with Crippen molar-refractivity contribution in [3.05, 3.63) is 55.2 Å². The number of rotatable bonds is 4. The molecule has 1 nitrogen and oxygen atoms in total. The topological polar surface area (TPSA) is 12.0 Å². The van der Waals surface area contributed by atoms with Crippen molar-refractivity contribution < 1.29 is 0 Å². The molecule has 0 aliphatic rings. The maximum atomic E-state index is 6.03. The number of hydrogen-bond donors (Lipinski definition) is 1. The Morgan fingerprint density at radius 2 is 1.78 bits per heavy atom. The number of likely N-dealkylation sites (N-methyl/N-ethyl adjacent to an activating group) is 1. The van der Waals surface area contributed by atoms with Gasteiger partial charge in [0.2, 0.25) is 0 Å². The molecule has 2 rings (SSSR count). The van der Waals surface area contributed by atoms with Gasteiger partial charge in [-0.15, -0.1) is 11.3 Å². The number of nitrogens with one attached hydrogen (secondary N) is 1. The standard InChI is InChI=1S/C13H12Cl3NS/c1-17-12(7-11-2-3-13(16)18-11)8-4-9(14)6-10(15)5-8/h2-6,12,17H,7H2,1H3. The number of thiophene rings is 1. The highest BCUT2D eigenvalue weighted by Gasteiger charge is 2.13. The van der Waals surface area contributed by atoms with Crippen molar-refractivity contribution >= 4 is 46.1 Å². The Labute approximate surface area is 126 Å². The summed E-state index contributed by atoms with van der Waals surface area (Å²) in [6.07, 6.45) is 0.866. The number of benzene rings is 1. The maximum absolute atomic E-state index is 6.03. The Bertz CT molecular complexity index is 519. The third kappa shape index (κ3) is 3.62. The molecular formula is C13H12Cl3NS. The molecule has 5 heteroatoms. The van der Waals surface area contributed by atoms with Gasteiger partial charge in [-0.1, -0.05) is 34.8 Å². The second-order valence-corrected chi connectivity index (χ2v) is 6.63. The molecule has 0 amide bonds. The molecule has 2 aromatic rings. The molecule has 0 saturated heterocycles. The SMILES string of the molecule is CNC(Cc1ccc(Cl)s1)c1cc(Cl)cc(Cl)c1. The summed E-state index contributed by atoms with van der Waals surface area (Å²) < 4.78 is 0.809. The van der Waals surface area contributed by atoms with Crippen LogP contribution in [0, 0.1) is 0 Å². The third-order valence-electron chi connectivity index (χ3n) is 2.67. The molecule has 1 heterocycles. The first-order valence-corrected chi connectivity index (χ1v) is 7.41. The highest BCUT2D eigenvalue weighted by Crippen LogP contribution is 2.29. The molecule has 0 saturated carbocycles. The van der Waals surface area contributed by atoms with Gasteiger partial charge in [0.15, 0.2) is 0 Å². The Hall–Kier alpha value is -0.250. The molecule has 0 aliphatic carbocycles. The van der Waals surface area contributed by atoms with Crippen molar-refractivity contribution in [1.82, 2.24) is 5.32 Å². The minimum atomic E-state index is 0.177. The lowest BCUT2D eigenvalue weighted by Gasteiger charge is -2.16. The van der Waals surface area contributed by atoms with Crippen LogP contribution in [0.15, 0.2) is 30.3 Å². The second kappa shape index (κ2) is 6.27. The molecule has 1 unspecified atom stereocenters. The van der Waals surface area contributed by atoms with Crippen molar-refractivity contribution in [3.8, 4) is 0 Å². The number of halogens is 3. The molecule has 1 atom stereocenters. The Morgan fingerprint density at radius 1 is 1.11 bits per heavy atom. The van der Waals surface area contributed by atoms with E-state index in [1.807, 2.05) is 31.3 Å². The van der Waals surface area contributed by atoms with Crippen LogP contribution >= 0.6 is 46.1 Å². The van der Waals surface area contributed by atoms with Crippen LogP contribution < -0.4 is 5.32 Å². The molecular weight excluding hydrogens is 309 g/mol. The van der Waals surface area contributed by atoms with E-state index in [1.54, 1.807) is 17.4 Å². The van der Waals surface area contributed by atoms with Crippen LogP contribution in [0.2, 0.25) is 14.4 Å². The molecule has 1 aromatic carbocycles. The van der Waals surface area contributed by atoms with E-state index in [0.717, 1.165) is 16.3 Å². The summed E-state index contributed by atoms with van der Waals surface area (Å²) in [5, 5.41) is 4.59. The first-order chi connectivity index (χ1) is 8.58. The monoisotopic (exact) mass is 319 g/mol. The highest BCUT2D eigenvalue weighted by molar-refractivity contribution is 7.16. The summed E-state index contributed by atoms with van der Waals surface area (Å²) in [6.45, 7) is 0. The zero-order chi connectivity index (χ0) is 13.1. The minimum absolute atomic E-state index is 0.177. The van der Waals surface area contributed by atoms with Gasteiger partial charge in [0.1, 0.15) is 0 Å². The fraction of sp³-hybridized carbons (Fsp3) is 0.231. The lowest BCUT2D eigenvalue weighted by atomic mass is 10.0. The van der Waals surface area contributed by atoms with Crippen LogP contribution in [0.5, 0.6) is 0 Å². The first kappa shape index (κ1) is 14.2. The summed E-state index contributed by atoms with van der Waals surface area (Å²) in [7, 11) is 1.93. The first-order valence-electron chi connectivity index (χ1n) is 5.46. The van der Waals surface area contributed by atoms with Gasteiger partial charge >= 0.3 is 0 Å². The van der Waals surface area contributed by atoms with Crippen molar-refractivity contribution in [3.63, 3.8) is 0 Å². The van der Waals surface area contributed by atoms with E-state index in [9.17, 15) is 0 Å². The van der Waals surface area contributed by atoms with Crippen molar-refractivity contribution in [2.45, 2.75) is 12.5 Å². The van der Waals surface area contributed by atoms with Crippen LogP contribution in [-0.4, -0.2) is 7.05 Å². The minimum Gasteiger partial charge on any atom is -0.313 e. The molecule has 0 radical (unpaired) electrons. The van der Waals surface area contributed by atoms with Crippen molar-refractivity contribution in [2.24, 2.45) is 0 Å². The average Bonchev–Trinajstić information content (AvgIpc) is 2.70. The Kier molecular flexibility index (Phi) is 4.93. The smallest absolute Gasteiger partial charge is 0.0931 e. The Morgan fingerprint density at radius 3 is 2.28 bits per heavy atom. The fourth-order valence-electron chi connectivity index (χ4n) is 1.83. The third-order valence-corrected chi connectivity index (χ3v) is 4.36. The van der Waals surface area contributed by atoms with E-state index in [0.29, 0.717) is 10.0 Å². The van der Waals surface area contributed by atoms with Crippen LogP contribution in [-0.2, 0) is 6.42 Å². The van der Waals surface area contributed by atoms with Gasteiger partial charge in [0, 0.05) is 27.4 Å². The quantitative estimate of drug-likeness (QED) is 0.815. The van der Waals surface area contributed by atoms with E-state index >= 15 is 0 Å². The van der Waals surface area contributed by atoms with Gasteiger partial charge < -0.3 is 5.32 Å². The predicted octanol–water partition coefficient (Wildman–Crippen LogP) is 5.21. The van der Waals surface area contributed by atoms with Gasteiger partial charge in [0.25, 0.3) is 0 Å². The fourth-order valence-corrected chi connectivity index (χ4v) is 3.50. The summed E-state index contributed by atoms with van der Waals surface area (Å²) in [6, 6.07) is 9.74. The van der Waals surface area contributed by atoms with Crippen LogP contribution in [0.1, 0.15) is 16.5 Å². The largest absolute Gasteiger partial charge is 0.313 e. The van der Waals surface area contributed by atoms with E-state index in [2.05, 4.69) is 5.32 Å².